The molecule has 1 amide bonds. The van der Waals surface area contributed by atoms with Crippen molar-refractivity contribution in [1.29, 1.82) is 0 Å². The van der Waals surface area contributed by atoms with Crippen LogP contribution in [0.4, 0.5) is 5.95 Å². The Morgan fingerprint density at radius 2 is 1.71 bits per heavy atom. The van der Waals surface area contributed by atoms with E-state index in [1.165, 1.54) is 49.4 Å². The number of hydrogen-bond acceptors (Lipinski definition) is 7. The number of benzene rings is 1. The number of hydrogen-bond donors (Lipinski definition) is 1. The van der Waals surface area contributed by atoms with Crippen LogP contribution in [0.5, 0.6) is 0 Å². The van der Waals surface area contributed by atoms with Crippen molar-refractivity contribution < 1.29 is 9.53 Å². The van der Waals surface area contributed by atoms with E-state index in [0.717, 1.165) is 75.6 Å². The zero-order valence-electron chi connectivity index (χ0n) is 20.9. The highest BCUT2D eigenvalue weighted by molar-refractivity contribution is 7.99. The van der Waals surface area contributed by atoms with Crippen molar-refractivity contribution in [3.63, 3.8) is 0 Å². The van der Waals surface area contributed by atoms with Crippen LogP contribution in [-0.4, -0.2) is 82.8 Å². The standard InChI is InChI=1S/C26H38N6O2S/c1-21-7-9-22(10-8-21)32-24(30-13-5-6-14-30)28-29-25(32)35-19-23(33)27-20-26(11-3-2-4-12-26)31-15-17-34-18-16-31/h7-10H,2-6,11-20H2,1H3,(H,27,33). The molecule has 1 N–H and O–H groups in total. The molecule has 3 aliphatic rings. The van der Waals surface area contributed by atoms with Gasteiger partial charge < -0.3 is 15.0 Å². The Labute approximate surface area is 212 Å². The van der Waals surface area contributed by atoms with Gasteiger partial charge in [0, 0.05) is 38.3 Å². The van der Waals surface area contributed by atoms with Gasteiger partial charge in [0.15, 0.2) is 5.16 Å². The van der Waals surface area contributed by atoms with Crippen molar-refractivity contribution in [3.05, 3.63) is 29.8 Å². The maximum absolute atomic E-state index is 13.0. The number of amides is 1. The first-order valence-electron chi connectivity index (χ1n) is 13.1. The van der Waals surface area contributed by atoms with Gasteiger partial charge >= 0.3 is 0 Å². The summed E-state index contributed by atoms with van der Waals surface area (Å²) in [7, 11) is 0. The van der Waals surface area contributed by atoms with Gasteiger partial charge in [0.05, 0.1) is 24.7 Å². The zero-order chi connectivity index (χ0) is 24.1. The Hall–Kier alpha value is -2.10. The predicted octanol–water partition coefficient (Wildman–Crippen LogP) is 3.42. The normalized spacial score (nSPS) is 20.8. The number of ether oxygens (including phenoxy) is 1. The predicted molar refractivity (Wildman–Crippen MR) is 139 cm³/mol. The second-order valence-corrected chi connectivity index (χ2v) is 11.0. The molecule has 1 aromatic heterocycles. The summed E-state index contributed by atoms with van der Waals surface area (Å²) >= 11 is 1.47. The largest absolute Gasteiger partial charge is 0.379 e. The maximum atomic E-state index is 13.0. The fraction of sp³-hybridized carbons (Fsp3) is 0.654. The number of anilines is 1. The number of aryl methyl sites for hydroxylation is 1. The summed E-state index contributed by atoms with van der Waals surface area (Å²) in [5.41, 5.74) is 2.33. The molecule has 0 atom stereocenters. The molecule has 1 aliphatic carbocycles. The van der Waals surface area contributed by atoms with Gasteiger partial charge in [-0.3, -0.25) is 14.3 Å². The number of nitrogens with zero attached hydrogens (tertiary/aromatic N) is 5. The summed E-state index contributed by atoms with van der Waals surface area (Å²) in [5, 5.41) is 13.1. The molecule has 3 heterocycles. The fourth-order valence-electron chi connectivity index (χ4n) is 5.69. The quantitative estimate of drug-likeness (QED) is 0.559. The van der Waals surface area contributed by atoms with Crippen molar-refractivity contribution in [3.8, 4) is 5.69 Å². The van der Waals surface area contributed by atoms with Gasteiger partial charge in [-0.1, -0.05) is 48.7 Å². The van der Waals surface area contributed by atoms with E-state index in [2.05, 4.69) is 61.1 Å². The lowest BCUT2D eigenvalue weighted by Crippen LogP contribution is -2.59. The van der Waals surface area contributed by atoms with Gasteiger partial charge in [0.1, 0.15) is 0 Å². The van der Waals surface area contributed by atoms with Gasteiger partial charge in [-0.25, -0.2) is 0 Å². The van der Waals surface area contributed by atoms with E-state index < -0.39 is 0 Å². The molecule has 1 saturated carbocycles. The van der Waals surface area contributed by atoms with Crippen molar-refractivity contribution in [2.24, 2.45) is 0 Å². The average molecular weight is 499 g/mol. The lowest BCUT2D eigenvalue weighted by Gasteiger charge is -2.48. The van der Waals surface area contributed by atoms with Crippen LogP contribution in [0.3, 0.4) is 0 Å². The Bertz CT molecular complexity index is 976. The molecular weight excluding hydrogens is 460 g/mol. The van der Waals surface area contributed by atoms with E-state index in [1.807, 2.05) is 0 Å². The van der Waals surface area contributed by atoms with Crippen LogP contribution >= 0.6 is 11.8 Å². The molecule has 2 aromatic rings. The highest BCUT2D eigenvalue weighted by Crippen LogP contribution is 2.34. The maximum Gasteiger partial charge on any atom is 0.232 e. The second-order valence-electron chi connectivity index (χ2n) is 10.1. The lowest BCUT2D eigenvalue weighted by atomic mass is 9.79. The molecule has 0 radical (unpaired) electrons. The molecule has 0 spiro atoms. The van der Waals surface area contributed by atoms with Gasteiger partial charge in [-0.15, -0.1) is 10.2 Å². The first kappa shape index (κ1) is 24.6. The number of carbonyl (C=O) groups is 1. The summed E-state index contributed by atoms with van der Waals surface area (Å²) in [4.78, 5) is 17.9. The molecule has 8 nitrogen and oxygen atoms in total. The molecule has 0 unspecified atom stereocenters. The van der Waals surface area contributed by atoms with Crippen LogP contribution in [-0.2, 0) is 9.53 Å². The van der Waals surface area contributed by atoms with E-state index in [9.17, 15) is 4.79 Å². The topological polar surface area (TPSA) is 75.5 Å². The van der Waals surface area contributed by atoms with Crippen molar-refractivity contribution >= 4 is 23.6 Å². The molecular formula is C26H38N6O2S. The summed E-state index contributed by atoms with van der Waals surface area (Å²) in [5.74, 6) is 1.28. The fourth-order valence-corrected chi connectivity index (χ4v) is 6.47. The molecule has 35 heavy (non-hydrogen) atoms. The van der Waals surface area contributed by atoms with Crippen molar-refractivity contribution in [2.45, 2.75) is 62.6 Å². The third kappa shape index (κ3) is 5.67. The molecule has 1 aromatic carbocycles. The van der Waals surface area contributed by atoms with Gasteiger partial charge in [-0.05, 0) is 44.7 Å². The highest BCUT2D eigenvalue weighted by Gasteiger charge is 2.38. The monoisotopic (exact) mass is 498 g/mol. The molecule has 190 valence electrons. The minimum Gasteiger partial charge on any atom is -0.379 e. The number of aromatic nitrogens is 3. The smallest absolute Gasteiger partial charge is 0.232 e. The van der Waals surface area contributed by atoms with Crippen molar-refractivity contribution in [1.82, 2.24) is 25.0 Å². The molecule has 5 rings (SSSR count). The van der Waals surface area contributed by atoms with E-state index in [4.69, 9.17) is 4.74 Å². The number of rotatable bonds is 8. The van der Waals surface area contributed by atoms with Crippen molar-refractivity contribution in [2.75, 3.05) is 56.6 Å². The summed E-state index contributed by atoms with van der Waals surface area (Å²) in [6, 6.07) is 8.44. The lowest BCUT2D eigenvalue weighted by molar-refractivity contribution is -0.119. The van der Waals surface area contributed by atoms with Crippen LogP contribution in [0.15, 0.2) is 29.4 Å². The Kier molecular flexibility index (Phi) is 7.94. The molecule has 2 aliphatic heterocycles. The van der Waals surface area contributed by atoms with Crippen LogP contribution in [0.1, 0.15) is 50.5 Å². The first-order chi connectivity index (χ1) is 17.1. The number of morpholine rings is 1. The van der Waals surface area contributed by atoms with Gasteiger partial charge in [-0.2, -0.15) is 0 Å². The number of carbonyl (C=O) groups excluding carboxylic acids is 1. The Morgan fingerprint density at radius 3 is 2.43 bits per heavy atom. The van der Waals surface area contributed by atoms with E-state index in [-0.39, 0.29) is 11.4 Å². The first-order valence-corrected chi connectivity index (χ1v) is 14.1. The second kappa shape index (κ2) is 11.3. The van der Waals surface area contributed by atoms with E-state index in [0.29, 0.717) is 5.75 Å². The summed E-state index contributed by atoms with van der Waals surface area (Å²) in [6.45, 7) is 8.31. The third-order valence-electron chi connectivity index (χ3n) is 7.71. The van der Waals surface area contributed by atoms with Gasteiger partial charge in [0.2, 0.25) is 11.9 Å². The van der Waals surface area contributed by atoms with Crippen LogP contribution < -0.4 is 10.2 Å². The molecule has 0 bridgehead atoms. The SMILES string of the molecule is Cc1ccc(-n2c(SCC(=O)NCC3(N4CCOCC4)CCCCC3)nnc2N2CCCC2)cc1. The van der Waals surface area contributed by atoms with Crippen LogP contribution in [0.2, 0.25) is 0 Å². The molecule has 3 fully saturated rings. The van der Waals surface area contributed by atoms with Crippen LogP contribution in [0.25, 0.3) is 5.69 Å². The highest BCUT2D eigenvalue weighted by atomic mass is 32.2. The Morgan fingerprint density at radius 1 is 1.00 bits per heavy atom. The third-order valence-corrected chi connectivity index (χ3v) is 8.64. The van der Waals surface area contributed by atoms with E-state index in [1.54, 1.807) is 0 Å². The summed E-state index contributed by atoms with van der Waals surface area (Å²) < 4.78 is 7.70. The molecule has 2 saturated heterocycles. The van der Waals surface area contributed by atoms with Gasteiger partial charge in [0.25, 0.3) is 0 Å². The molecule has 9 heteroatoms. The Balaban J connectivity index is 1.25. The minimum absolute atomic E-state index is 0.0642. The van der Waals surface area contributed by atoms with Crippen LogP contribution in [0, 0.1) is 6.92 Å². The number of nitrogens with one attached hydrogen (secondary N) is 1. The average Bonchev–Trinajstić information content (AvgIpc) is 3.58. The number of thioether (sulfide) groups is 1. The minimum atomic E-state index is 0.0642. The van der Waals surface area contributed by atoms with E-state index >= 15 is 0 Å². The summed E-state index contributed by atoms with van der Waals surface area (Å²) in [6.07, 6.45) is 8.43. The zero-order valence-corrected chi connectivity index (χ0v) is 21.7.